The molecule has 2 rings (SSSR count). The number of piperidine rings is 1. The van der Waals surface area contributed by atoms with E-state index in [1.165, 1.54) is 12.8 Å². The van der Waals surface area contributed by atoms with Gasteiger partial charge in [0.15, 0.2) is 10.4 Å². The fraction of sp³-hybridized carbons (Fsp3) is 0.625. The topological polar surface area (TPSA) is 74.6 Å². The summed E-state index contributed by atoms with van der Waals surface area (Å²) in [5.41, 5.74) is 0. The summed E-state index contributed by atoms with van der Waals surface area (Å²) in [5.74, 6) is 0.442. The number of hydrogen-bond acceptors (Lipinski definition) is 4. The van der Waals surface area contributed by atoms with Crippen LogP contribution in [0.3, 0.4) is 0 Å². The van der Waals surface area contributed by atoms with Gasteiger partial charge in [-0.3, -0.25) is 9.59 Å². The van der Waals surface area contributed by atoms with E-state index in [9.17, 15) is 9.59 Å². The Morgan fingerprint density at radius 1 is 1.30 bits per heavy atom. The van der Waals surface area contributed by atoms with Crippen molar-refractivity contribution in [2.45, 2.75) is 26.2 Å². The van der Waals surface area contributed by atoms with Crippen LogP contribution in [-0.2, 0) is 4.79 Å². The third kappa shape index (κ3) is 6.35. The molecule has 0 unspecified atom stereocenters. The van der Waals surface area contributed by atoms with E-state index in [0.717, 1.165) is 32.0 Å². The molecule has 23 heavy (non-hydrogen) atoms. The second kappa shape index (κ2) is 9.08. The lowest BCUT2D eigenvalue weighted by Crippen LogP contribution is -2.39. The normalized spacial score (nSPS) is 16.3. The minimum atomic E-state index is -0.395. The summed E-state index contributed by atoms with van der Waals surface area (Å²) in [6, 6.07) is 3.19. The monoisotopic (exact) mass is 385 g/mol. The lowest BCUT2D eigenvalue weighted by Gasteiger charge is -2.30. The molecule has 0 saturated carbocycles. The fourth-order valence-corrected chi connectivity index (χ4v) is 2.87. The number of nitrogens with one attached hydrogen (secondary N) is 2. The van der Waals surface area contributed by atoms with E-state index in [2.05, 4.69) is 38.4 Å². The molecule has 0 atom stereocenters. The third-order valence-corrected chi connectivity index (χ3v) is 4.48. The summed E-state index contributed by atoms with van der Waals surface area (Å²) in [7, 11) is 0. The summed E-state index contributed by atoms with van der Waals surface area (Å²) in [6.45, 7) is 6.21. The lowest BCUT2D eigenvalue weighted by molar-refractivity contribution is -0.120. The molecule has 0 spiro atoms. The van der Waals surface area contributed by atoms with Gasteiger partial charge in [0.1, 0.15) is 0 Å². The zero-order valence-electron chi connectivity index (χ0n) is 13.4. The maximum absolute atomic E-state index is 11.7. The van der Waals surface area contributed by atoms with Gasteiger partial charge in [0.05, 0.1) is 6.54 Å². The number of likely N-dealkylation sites (tertiary alicyclic amines) is 1. The van der Waals surface area contributed by atoms with Crippen molar-refractivity contribution in [3.8, 4) is 0 Å². The van der Waals surface area contributed by atoms with E-state index in [1.54, 1.807) is 12.1 Å². The Labute approximate surface area is 145 Å². The van der Waals surface area contributed by atoms with E-state index in [1.807, 2.05) is 0 Å². The molecule has 1 aliphatic rings. The number of furan rings is 1. The molecule has 1 aromatic rings. The van der Waals surface area contributed by atoms with E-state index in [4.69, 9.17) is 4.42 Å². The van der Waals surface area contributed by atoms with E-state index >= 15 is 0 Å². The van der Waals surface area contributed by atoms with Gasteiger partial charge in [0.25, 0.3) is 5.91 Å². The summed E-state index contributed by atoms with van der Waals surface area (Å²) < 4.78 is 5.60. The summed E-state index contributed by atoms with van der Waals surface area (Å²) in [4.78, 5) is 25.9. The van der Waals surface area contributed by atoms with E-state index in [0.29, 0.717) is 11.2 Å². The first-order chi connectivity index (χ1) is 11.0. The third-order valence-electron chi connectivity index (χ3n) is 4.06. The molecule has 0 radical (unpaired) electrons. The predicted molar refractivity (Wildman–Crippen MR) is 91.2 cm³/mol. The van der Waals surface area contributed by atoms with Crippen molar-refractivity contribution in [1.82, 2.24) is 15.5 Å². The molecule has 2 N–H and O–H groups in total. The number of carbonyl (C=O) groups is 2. The fourth-order valence-electron chi connectivity index (χ4n) is 2.56. The average molecular weight is 386 g/mol. The quantitative estimate of drug-likeness (QED) is 0.704. The number of carbonyl (C=O) groups excluding carboxylic acids is 2. The first kappa shape index (κ1) is 18.0. The SMILES string of the molecule is CC1CCN(CCCNC(=O)CNC(=O)c2ccc(Br)o2)CC1. The molecule has 0 bridgehead atoms. The van der Waals surface area contributed by atoms with Crippen molar-refractivity contribution < 1.29 is 14.0 Å². The largest absolute Gasteiger partial charge is 0.444 e. The maximum Gasteiger partial charge on any atom is 0.287 e. The lowest BCUT2D eigenvalue weighted by atomic mass is 9.99. The molecule has 7 heteroatoms. The molecule has 1 aromatic heterocycles. The van der Waals surface area contributed by atoms with Crippen molar-refractivity contribution in [3.63, 3.8) is 0 Å². The van der Waals surface area contributed by atoms with Gasteiger partial charge in [-0.05, 0) is 72.9 Å². The molecule has 128 valence electrons. The molecular weight excluding hydrogens is 362 g/mol. The Morgan fingerprint density at radius 3 is 2.70 bits per heavy atom. The Bertz CT molecular complexity index is 524. The van der Waals surface area contributed by atoms with Crippen LogP contribution in [0.25, 0.3) is 0 Å². The minimum absolute atomic E-state index is 0.0433. The standard InChI is InChI=1S/C16H24BrN3O3/c1-12-5-9-20(10-6-12)8-2-7-18-15(21)11-19-16(22)13-3-4-14(17)23-13/h3-4,12H,2,5-11H2,1H3,(H,18,21)(H,19,22). The highest BCUT2D eigenvalue weighted by molar-refractivity contribution is 9.10. The second-order valence-corrected chi connectivity index (χ2v) is 6.80. The van der Waals surface area contributed by atoms with Gasteiger partial charge < -0.3 is 20.0 Å². The van der Waals surface area contributed by atoms with Crippen LogP contribution in [0.15, 0.2) is 21.2 Å². The van der Waals surface area contributed by atoms with Crippen LogP contribution in [0.1, 0.15) is 36.7 Å². The molecule has 0 aromatic carbocycles. The molecule has 6 nitrogen and oxygen atoms in total. The predicted octanol–water partition coefficient (Wildman–Crippen LogP) is 2.01. The van der Waals surface area contributed by atoms with Crippen LogP contribution >= 0.6 is 15.9 Å². The molecule has 2 heterocycles. The number of rotatable bonds is 7. The van der Waals surface area contributed by atoms with Crippen molar-refractivity contribution in [2.24, 2.45) is 5.92 Å². The number of nitrogens with zero attached hydrogens (tertiary/aromatic N) is 1. The highest BCUT2D eigenvalue weighted by Crippen LogP contribution is 2.15. The Morgan fingerprint density at radius 2 is 2.04 bits per heavy atom. The number of hydrogen-bond donors (Lipinski definition) is 2. The van der Waals surface area contributed by atoms with Gasteiger partial charge in [-0.15, -0.1) is 0 Å². The first-order valence-electron chi connectivity index (χ1n) is 8.07. The molecule has 0 aliphatic carbocycles. The van der Waals surface area contributed by atoms with Gasteiger partial charge in [0, 0.05) is 6.54 Å². The summed E-state index contributed by atoms with van der Waals surface area (Å²) >= 11 is 3.13. The van der Waals surface area contributed by atoms with Crippen molar-refractivity contribution in [1.29, 1.82) is 0 Å². The first-order valence-corrected chi connectivity index (χ1v) is 8.86. The van der Waals surface area contributed by atoms with Crippen LogP contribution in [0.5, 0.6) is 0 Å². The van der Waals surface area contributed by atoms with Gasteiger partial charge in [-0.25, -0.2) is 0 Å². The molecule has 2 amide bonds. The average Bonchev–Trinajstić information content (AvgIpc) is 2.97. The van der Waals surface area contributed by atoms with E-state index < -0.39 is 5.91 Å². The Kier molecular flexibility index (Phi) is 7.11. The molecule has 1 fully saturated rings. The van der Waals surface area contributed by atoms with Crippen LogP contribution < -0.4 is 10.6 Å². The maximum atomic E-state index is 11.7. The molecule has 1 aliphatic heterocycles. The minimum Gasteiger partial charge on any atom is -0.444 e. The highest BCUT2D eigenvalue weighted by atomic mass is 79.9. The van der Waals surface area contributed by atoms with Crippen LogP contribution in [0.2, 0.25) is 0 Å². The van der Waals surface area contributed by atoms with E-state index in [-0.39, 0.29) is 18.2 Å². The van der Waals surface area contributed by atoms with Gasteiger partial charge >= 0.3 is 0 Å². The number of halogens is 1. The van der Waals surface area contributed by atoms with Crippen LogP contribution in [0, 0.1) is 5.92 Å². The summed E-state index contributed by atoms with van der Waals surface area (Å²) in [5, 5.41) is 5.35. The molecular formula is C16H24BrN3O3. The zero-order valence-corrected chi connectivity index (χ0v) is 15.0. The number of amides is 2. The van der Waals surface area contributed by atoms with Crippen molar-refractivity contribution in [2.75, 3.05) is 32.7 Å². The highest BCUT2D eigenvalue weighted by Gasteiger charge is 2.15. The summed E-state index contributed by atoms with van der Waals surface area (Å²) in [6.07, 6.45) is 3.46. The van der Waals surface area contributed by atoms with Gasteiger partial charge in [-0.2, -0.15) is 0 Å². The zero-order chi connectivity index (χ0) is 16.7. The molecule has 1 saturated heterocycles. The smallest absolute Gasteiger partial charge is 0.287 e. The van der Waals surface area contributed by atoms with Crippen molar-refractivity contribution in [3.05, 3.63) is 22.6 Å². The van der Waals surface area contributed by atoms with Gasteiger partial charge in [0.2, 0.25) is 5.91 Å². The second-order valence-electron chi connectivity index (χ2n) is 6.01. The Balaban J connectivity index is 1.54. The van der Waals surface area contributed by atoms with Crippen molar-refractivity contribution >= 4 is 27.7 Å². The van der Waals surface area contributed by atoms with Crippen LogP contribution in [-0.4, -0.2) is 49.4 Å². The Hall–Kier alpha value is -1.34. The van der Waals surface area contributed by atoms with Crippen LogP contribution in [0.4, 0.5) is 0 Å². The van der Waals surface area contributed by atoms with Gasteiger partial charge in [-0.1, -0.05) is 6.92 Å².